The highest BCUT2D eigenvalue weighted by atomic mass is 32.2. The predicted octanol–water partition coefficient (Wildman–Crippen LogP) is 3.96. The third-order valence-corrected chi connectivity index (χ3v) is 4.77. The van der Waals surface area contributed by atoms with Gasteiger partial charge >= 0.3 is 5.97 Å². The van der Waals surface area contributed by atoms with Crippen LogP contribution in [0.15, 0.2) is 23.4 Å². The van der Waals surface area contributed by atoms with Crippen LogP contribution in [0.25, 0.3) is 11.0 Å². The molecule has 114 valence electrons. The number of carbonyl (C=O) groups is 1. The molecular formula is C16H22N2O2S. The van der Waals surface area contributed by atoms with Gasteiger partial charge in [-0.15, -0.1) is 0 Å². The molecule has 0 saturated carbocycles. The zero-order valence-electron chi connectivity index (χ0n) is 13.0. The number of hydrogen-bond acceptors (Lipinski definition) is 3. The van der Waals surface area contributed by atoms with Crippen molar-refractivity contribution >= 4 is 28.8 Å². The first-order valence-electron chi connectivity index (χ1n) is 7.14. The number of carboxylic acid groups (broad SMARTS) is 1. The maximum atomic E-state index is 10.8. The van der Waals surface area contributed by atoms with Crippen molar-refractivity contribution < 1.29 is 9.90 Å². The van der Waals surface area contributed by atoms with Gasteiger partial charge in [-0.1, -0.05) is 44.7 Å². The first-order valence-corrected chi connectivity index (χ1v) is 8.13. The lowest BCUT2D eigenvalue weighted by molar-refractivity contribution is -0.133. The third kappa shape index (κ3) is 3.59. The molecule has 1 aromatic carbocycles. The average molecular weight is 306 g/mol. The average Bonchev–Trinajstić information content (AvgIpc) is 2.76. The van der Waals surface area contributed by atoms with Crippen molar-refractivity contribution in [2.75, 3.05) is 5.75 Å². The Kier molecular flexibility index (Phi) is 4.61. The zero-order valence-corrected chi connectivity index (χ0v) is 13.8. The summed E-state index contributed by atoms with van der Waals surface area (Å²) in [6.07, 6.45) is 1.06. The van der Waals surface area contributed by atoms with E-state index in [4.69, 9.17) is 5.11 Å². The Morgan fingerprint density at radius 3 is 2.76 bits per heavy atom. The smallest absolute Gasteiger partial charge is 0.313 e. The molecule has 2 rings (SSSR count). The maximum Gasteiger partial charge on any atom is 0.313 e. The van der Waals surface area contributed by atoms with Gasteiger partial charge in [0.05, 0.1) is 16.8 Å². The lowest BCUT2D eigenvalue weighted by Crippen LogP contribution is -2.19. The van der Waals surface area contributed by atoms with Crippen molar-refractivity contribution in [1.82, 2.24) is 9.55 Å². The lowest BCUT2D eigenvalue weighted by Gasteiger charge is -2.24. The molecule has 1 heterocycles. The second-order valence-corrected chi connectivity index (χ2v) is 7.07. The van der Waals surface area contributed by atoms with Crippen LogP contribution in [0.1, 0.15) is 32.8 Å². The van der Waals surface area contributed by atoms with Crippen molar-refractivity contribution in [3.8, 4) is 0 Å². The number of para-hydroxylation sites is 1. The first-order chi connectivity index (χ1) is 9.84. The van der Waals surface area contributed by atoms with Gasteiger partial charge in [0, 0.05) is 6.54 Å². The van der Waals surface area contributed by atoms with Crippen LogP contribution in [0.5, 0.6) is 0 Å². The minimum atomic E-state index is -0.815. The van der Waals surface area contributed by atoms with Crippen LogP contribution in [-0.2, 0) is 11.3 Å². The van der Waals surface area contributed by atoms with Gasteiger partial charge < -0.3 is 9.67 Å². The summed E-state index contributed by atoms with van der Waals surface area (Å²) in [5, 5.41) is 9.71. The summed E-state index contributed by atoms with van der Waals surface area (Å²) in [7, 11) is 0. The number of nitrogens with zero attached hydrogens (tertiary/aromatic N) is 2. The Labute approximate surface area is 129 Å². The highest BCUT2D eigenvalue weighted by Crippen LogP contribution is 2.31. The molecule has 1 aromatic heterocycles. The summed E-state index contributed by atoms with van der Waals surface area (Å²) < 4.78 is 2.17. The number of aryl methyl sites for hydroxylation is 1. The molecule has 21 heavy (non-hydrogen) atoms. The van der Waals surface area contributed by atoms with E-state index in [1.165, 1.54) is 11.8 Å². The molecule has 0 spiro atoms. The van der Waals surface area contributed by atoms with E-state index in [2.05, 4.69) is 36.4 Å². The number of aliphatic carboxylic acids is 1. The van der Waals surface area contributed by atoms with Gasteiger partial charge in [-0.2, -0.15) is 0 Å². The number of aromatic nitrogens is 2. The number of imidazole rings is 1. The van der Waals surface area contributed by atoms with Crippen molar-refractivity contribution in [2.24, 2.45) is 5.41 Å². The fraction of sp³-hybridized carbons (Fsp3) is 0.500. The van der Waals surface area contributed by atoms with Gasteiger partial charge in [0.15, 0.2) is 5.16 Å². The lowest BCUT2D eigenvalue weighted by atomic mass is 9.90. The number of rotatable bonds is 6. The van der Waals surface area contributed by atoms with Gasteiger partial charge in [-0.05, 0) is 30.4 Å². The SMILES string of the molecule is CCC(C)(C)Cn1c(SCC(=O)O)nc2c(C)cccc21. The molecule has 0 aliphatic carbocycles. The minimum absolute atomic E-state index is 0.0366. The number of carboxylic acids is 1. The van der Waals surface area contributed by atoms with E-state index in [0.717, 1.165) is 34.7 Å². The minimum Gasteiger partial charge on any atom is -0.481 e. The number of hydrogen-bond donors (Lipinski definition) is 1. The van der Waals surface area contributed by atoms with Gasteiger partial charge in [0.2, 0.25) is 0 Å². The monoisotopic (exact) mass is 306 g/mol. The first kappa shape index (κ1) is 15.9. The predicted molar refractivity (Wildman–Crippen MR) is 86.9 cm³/mol. The van der Waals surface area contributed by atoms with Crippen LogP contribution in [0.4, 0.5) is 0 Å². The van der Waals surface area contributed by atoms with Crippen molar-refractivity contribution in [2.45, 2.75) is 45.8 Å². The topological polar surface area (TPSA) is 55.1 Å². The molecule has 0 radical (unpaired) electrons. The molecule has 5 heteroatoms. The molecular weight excluding hydrogens is 284 g/mol. The summed E-state index contributed by atoms with van der Waals surface area (Å²) in [6.45, 7) is 9.50. The van der Waals surface area contributed by atoms with E-state index in [9.17, 15) is 4.79 Å². The summed E-state index contributed by atoms with van der Waals surface area (Å²) in [4.78, 5) is 15.5. The Morgan fingerprint density at radius 1 is 1.43 bits per heavy atom. The van der Waals surface area contributed by atoms with Crippen molar-refractivity contribution in [3.05, 3.63) is 23.8 Å². The molecule has 0 fully saturated rings. The van der Waals surface area contributed by atoms with E-state index in [1.807, 2.05) is 19.1 Å². The van der Waals surface area contributed by atoms with E-state index in [0.29, 0.717) is 0 Å². The van der Waals surface area contributed by atoms with E-state index >= 15 is 0 Å². The van der Waals surface area contributed by atoms with Crippen LogP contribution < -0.4 is 0 Å². The van der Waals surface area contributed by atoms with Crippen LogP contribution in [0, 0.1) is 12.3 Å². The van der Waals surface area contributed by atoms with Crippen molar-refractivity contribution in [1.29, 1.82) is 0 Å². The molecule has 0 aliphatic heterocycles. The molecule has 0 aliphatic rings. The van der Waals surface area contributed by atoms with Gasteiger partial charge in [-0.25, -0.2) is 4.98 Å². The molecule has 0 bridgehead atoms. The Hall–Kier alpha value is -1.49. The maximum absolute atomic E-state index is 10.8. The van der Waals surface area contributed by atoms with Crippen LogP contribution in [-0.4, -0.2) is 26.4 Å². The largest absolute Gasteiger partial charge is 0.481 e. The quantitative estimate of drug-likeness (QED) is 0.821. The number of thioether (sulfide) groups is 1. The van der Waals surface area contributed by atoms with Gasteiger partial charge in [-0.3, -0.25) is 4.79 Å². The van der Waals surface area contributed by atoms with E-state index in [1.54, 1.807) is 0 Å². The van der Waals surface area contributed by atoms with Gasteiger partial charge in [0.1, 0.15) is 0 Å². The molecule has 0 atom stereocenters. The summed E-state index contributed by atoms with van der Waals surface area (Å²) in [5.41, 5.74) is 3.33. The number of benzene rings is 1. The van der Waals surface area contributed by atoms with E-state index < -0.39 is 5.97 Å². The highest BCUT2D eigenvalue weighted by Gasteiger charge is 2.21. The molecule has 0 amide bonds. The van der Waals surface area contributed by atoms with Gasteiger partial charge in [0.25, 0.3) is 0 Å². The second-order valence-electron chi connectivity index (χ2n) is 6.12. The normalized spacial score (nSPS) is 12.0. The summed E-state index contributed by atoms with van der Waals surface area (Å²) in [6, 6.07) is 6.13. The molecule has 0 saturated heterocycles. The Bertz CT molecular complexity index is 662. The van der Waals surface area contributed by atoms with Crippen molar-refractivity contribution in [3.63, 3.8) is 0 Å². The fourth-order valence-electron chi connectivity index (χ4n) is 2.19. The molecule has 2 aromatic rings. The molecule has 0 unspecified atom stereocenters. The molecule has 1 N–H and O–H groups in total. The summed E-state index contributed by atoms with van der Waals surface area (Å²) in [5.74, 6) is -0.778. The summed E-state index contributed by atoms with van der Waals surface area (Å²) >= 11 is 1.29. The van der Waals surface area contributed by atoms with E-state index in [-0.39, 0.29) is 11.2 Å². The third-order valence-electron chi connectivity index (χ3n) is 3.81. The Balaban J connectivity index is 2.49. The second kappa shape index (κ2) is 6.10. The standard InChI is InChI=1S/C16H22N2O2S/c1-5-16(3,4)10-18-12-8-6-7-11(2)14(12)17-15(18)21-9-13(19)20/h6-8H,5,9-10H2,1-4H3,(H,19,20). The zero-order chi connectivity index (χ0) is 15.6. The molecule has 4 nitrogen and oxygen atoms in total. The fourth-order valence-corrected chi connectivity index (χ4v) is 2.92. The van der Waals surface area contributed by atoms with Crippen LogP contribution >= 0.6 is 11.8 Å². The van der Waals surface area contributed by atoms with Crippen LogP contribution in [0.2, 0.25) is 0 Å². The highest BCUT2D eigenvalue weighted by molar-refractivity contribution is 7.99. The van der Waals surface area contributed by atoms with Crippen LogP contribution in [0.3, 0.4) is 0 Å². The number of fused-ring (bicyclic) bond motifs is 1. The Morgan fingerprint density at radius 2 is 2.14 bits per heavy atom.